The molecule has 1 amide bonds. The van der Waals surface area contributed by atoms with E-state index in [-0.39, 0.29) is 0 Å². The van der Waals surface area contributed by atoms with Gasteiger partial charge in [0.1, 0.15) is 5.78 Å². The number of amides is 1. The second kappa shape index (κ2) is 14.2. The predicted octanol–water partition coefficient (Wildman–Crippen LogP) is 3.09. The molecule has 152 valence electrons. The van der Waals surface area contributed by atoms with Crippen LogP contribution < -0.4 is 5.32 Å². The van der Waals surface area contributed by atoms with Crippen molar-refractivity contribution < 1.29 is 9.59 Å². The maximum absolute atomic E-state index is 12.3. The predicted molar refractivity (Wildman–Crippen MR) is 108 cm³/mol. The number of piperazine rings is 1. The molecule has 2 aliphatic rings. The number of Topliss-reactive ketones (excluding diaryl/α,β-unsaturated/α-hetero) is 1. The van der Waals surface area contributed by atoms with E-state index in [0.29, 0.717) is 31.0 Å². The minimum atomic E-state index is 0.291. The third-order valence-corrected chi connectivity index (χ3v) is 5.52. The van der Waals surface area contributed by atoms with Gasteiger partial charge >= 0.3 is 0 Å². The number of ketones is 1. The Labute approximate surface area is 160 Å². The number of likely N-dealkylation sites (tertiary alicyclic amines) is 1. The molecule has 2 saturated heterocycles. The molecule has 0 radical (unpaired) electrons. The first-order valence-electron chi connectivity index (χ1n) is 10.9. The molecule has 5 heteroatoms. The monoisotopic (exact) mass is 367 g/mol. The second-order valence-corrected chi connectivity index (χ2v) is 7.30. The standard InChI is InChI=1S/C19H35N3O2.C2H6/c1-2-18(23)5-3-4-6-19(24)22-13-8-17(9-14-22)7-12-21-15-10-20-11-16-21;1-2/h17,20H,2-16H2,1H3;1-2H3. The Hall–Kier alpha value is -0.940. The normalized spacial score (nSPS) is 19.0. The minimum absolute atomic E-state index is 0.291. The Morgan fingerprint density at radius 2 is 1.58 bits per heavy atom. The molecule has 2 fully saturated rings. The fourth-order valence-electron chi connectivity index (χ4n) is 3.70. The van der Waals surface area contributed by atoms with Crippen molar-refractivity contribution in [1.29, 1.82) is 0 Å². The number of nitrogens with zero attached hydrogens (tertiary/aromatic N) is 2. The number of nitrogens with one attached hydrogen (secondary N) is 1. The van der Waals surface area contributed by atoms with Crippen molar-refractivity contribution in [3.63, 3.8) is 0 Å². The molecule has 0 saturated carbocycles. The van der Waals surface area contributed by atoms with Gasteiger partial charge in [0.25, 0.3) is 0 Å². The van der Waals surface area contributed by atoms with Crippen LogP contribution in [0.25, 0.3) is 0 Å². The highest BCUT2D eigenvalue weighted by Gasteiger charge is 2.23. The van der Waals surface area contributed by atoms with Crippen LogP contribution in [0.3, 0.4) is 0 Å². The third-order valence-electron chi connectivity index (χ3n) is 5.52. The lowest BCUT2D eigenvalue weighted by Gasteiger charge is -2.34. The van der Waals surface area contributed by atoms with Crippen molar-refractivity contribution in [1.82, 2.24) is 15.1 Å². The molecule has 26 heavy (non-hydrogen) atoms. The molecule has 0 atom stereocenters. The van der Waals surface area contributed by atoms with Crippen LogP contribution >= 0.6 is 0 Å². The number of unbranched alkanes of at least 4 members (excludes halogenated alkanes) is 1. The van der Waals surface area contributed by atoms with E-state index in [1.807, 2.05) is 25.7 Å². The maximum Gasteiger partial charge on any atom is 0.222 e. The van der Waals surface area contributed by atoms with E-state index in [0.717, 1.165) is 57.8 Å². The summed E-state index contributed by atoms with van der Waals surface area (Å²) in [6.45, 7) is 13.6. The van der Waals surface area contributed by atoms with Crippen molar-refractivity contribution in [3.05, 3.63) is 0 Å². The summed E-state index contributed by atoms with van der Waals surface area (Å²) in [4.78, 5) is 28.1. The highest BCUT2D eigenvalue weighted by atomic mass is 16.2. The lowest BCUT2D eigenvalue weighted by molar-refractivity contribution is -0.133. The molecule has 2 heterocycles. The zero-order chi connectivity index (χ0) is 19.2. The van der Waals surface area contributed by atoms with Crippen molar-refractivity contribution in [2.45, 2.75) is 72.1 Å². The first-order valence-corrected chi connectivity index (χ1v) is 10.9. The van der Waals surface area contributed by atoms with E-state index in [1.54, 1.807) is 0 Å². The molecule has 5 nitrogen and oxygen atoms in total. The summed E-state index contributed by atoms with van der Waals surface area (Å²) in [5.74, 6) is 1.39. The van der Waals surface area contributed by atoms with Crippen LogP contribution in [0.15, 0.2) is 0 Å². The molecule has 0 aromatic heterocycles. The van der Waals surface area contributed by atoms with Crippen LogP contribution in [0.2, 0.25) is 0 Å². The van der Waals surface area contributed by atoms with E-state index in [4.69, 9.17) is 0 Å². The lowest BCUT2D eigenvalue weighted by atomic mass is 9.93. The van der Waals surface area contributed by atoms with Gasteiger partial charge in [0, 0.05) is 58.5 Å². The molecule has 0 unspecified atom stereocenters. The summed E-state index contributed by atoms with van der Waals surface area (Å²) in [6, 6.07) is 0. The number of rotatable bonds is 9. The van der Waals surface area contributed by atoms with Gasteiger partial charge in [-0.05, 0) is 44.6 Å². The SMILES string of the molecule is CC.CCC(=O)CCCCC(=O)N1CCC(CCN2CCNCC2)CC1. The zero-order valence-electron chi connectivity index (χ0n) is 17.4. The Bertz CT molecular complexity index is 387. The van der Waals surface area contributed by atoms with Crippen molar-refractivity contribution >= 4 is 11.7 Å². The number of hydrogen-bond donors (Lipinski definition) is 1. The maximum atomic E-state index is 12.3. The quantitative estimate of drug-likeness (QED) is 0.636. The summed E-state index contributed by atoms with van der Waals surface area (Å²) < 4.78 is 0. The van der Waals surface area contributed by atoms with Gasteiger partial charge in [-0.1, -0.05) is 20.8 Å². The van der Waals surface area contributed by atoms with Gasteiger partial charge in [-0.3, -0.25) is 9.59 Å². The van der Waals surface area contributed by atoms with Crippen LogP contribution in [0.1, 0.15) is 72.1 Å². The fourth-order valence-corrected chi connectivity index (χ4v) is 3.70. The Morgan fingerprint density at radius 1 is 0.962 bits per heavy atom. The Kier molecular flexibility index (Phi) is 12.6. The summed E-state index contributed by atoms with van der Waals surface area (Å²) in [7, 11) is 0. The molecule has 0 spiro atoms. The van der Waals surface area contributed by atoms with E-state index in [9.17, 15) is 9.59 Å². The molecule has 0 aromatic carbocycles. The second-order valence-electron chi connectivity index (χ2n) is 7.30. The molecule has 0 aliphatic carbocycles. The highest BCUT2D eigenvalue weighted by molar-refractivity contribution is 5.78. The smallest absolute Gasteiger partial charge is 0.222 e. The average molecular weight is 368 g/mol. The van der Waals surface area contributed by atoms with Gasteiger partial charge in [-0.25, -0.2) is 0 Å². The van der Waals surface area contributed by atoms with Gasteiger partial charge < -0.3 is 15.1 Å². The Balaban J connectivity index is 0.00000163. The lowest BCUT2D eigenvalue weighted by Crippen LogP contribution is -2.44. The number of carbonyl (C=O) groups is 2. The molecule has 0 bridgehead atoms. The summed E-state index contributed by atoms with van der Waals surface area (Å²) >= 11 is 0. The number of hydrogen-bond acceptors (Lipinski definition) is 4. The van der Waals surface area contributed by atoms with Crippen molar-refractivity contribution in [3.8, 4) is 0 Å². The van der Waals surface area contributed by atoms with Crippen molar-refractivity contribution in [2.75, 3.05) is 45.8 Å². The first kappa shape index (κ1) is 23.1. The first-order chi connectivity index (χ1) is 12.7. The fraction of sp³-hybridized carbons (Fsp3) is 0.905. The topological polar surface area (TPSA) is 52.7 Å². The van der Waals surface area contributed by atoms with Crippen LogP contribution in [-0.4, -0.2) is 67.3 Å². The third kappa shape index (κ3) is 9.13. The number of carbonyl (C=O) groups excluding carboxylic acids is 2. The van der Waals surface area contributed by atoms with Gasteiger partial charge in [-0.2, -0.15) is 0 Å². The van der Waals surface area contributed by atoms with Crippen molar-refractivity contribution in [2.24, 2.45) is 5.92 Å². The molecule has 2 rings (SSSR count). The molecule has 1 N–H and O–H groups in total. The van der Waals surface area contributed by atoms with Crippen LogP contribution in [0.4, 0.5) is 0 Å². The van der Waals surface area contributed by atoms with Crippen LogP contribution in [-0.2, 0) is 9.59 Å². The largest absolute Gasteiger partial charge is 0.343 e. The molecule has 2 aliphatic heterocycles. The molecule has 0 aromatic rings. The molecular weight excluding hydrogens is 326 g/mol. The summed E-state index contributed by atoms with van der Waals surface area (Å²) in [6.07, 6.45) is 7.18. The van der Waals surface area contributed by atoms with E-state index < -0.39 is 0 Å². The molecular formula is C21H41N3O2. The van der Waals surface area contributed by atoms with Crippen LogP contribution in [0, 0.1) is 5.92 Å². The van der Waals surface area contributed by atoms with Crippen LogP contribution in [0.5, 0.6) is 0 Å². The highest BCUT2D eigenvalue weighted by Crippen LogP contribution is 2.22. The van der Waals surface area contributed by atoms with Gasteiger partial charge in [-0.15, -0.1) is 0 Å². The summed E-state index contributed by atoms with van der Waals surface area (Å²) in [5, 5.41) is 3.40. The van der Waals surface area contributed by atoms with Gasteiger partial charge in [0.2, 0.25) is 5.91 Å². The van der Waals surface area contributed by atoms with E-state index >= 15 is 0 Å². The zero-order valence-corrected chi connectivity index (χ0v) is 17.4. The van der Waals surface area contributed by atoms with E-state index in [1.165, 1.54) is 26.1 Å². The van der Waals surface area contributed by atoms with Gasteiger partial charge in [0.05, 0.1) is 0 Å². The van der Waals surface area contributed by atoms with Gasteiger partial charge in [0.15, 0.2) is 0 Å². The van der Waals surface area contributed by atoms with E-state index in [2.05, 4.69) is 10.2 Å². The summed E-state index contributed by atoms with van der Waals surface area (Å²) in [5.41, 5.74) is 0. The number of piperidine rings is 1. The average Bonchev–Trinajstić information content (AvgIpc) is 2.72. The minimum Gasteiger partial charge on any atom is -0.343 e. The Morgan fingerprint density at radius 3 is 2.19 bits per heavy atom.